The summed E-state index contributed by atoms with van der Waals surface area (Å²) in [5, 5.41) is 22.2. The molecule has 106 heavy (non-hydrogen) atoms. The normalized spacial score (nSPS) is 18.6. The molecule has 6 aliphatic heterocycles. The molecule has 6 saturated heterocycles. The fourth-order valence-electron chi connectivity index (χ4n) is 14.0. The van der Waals surface area contributed by atoms with Gasteiger partial charge in [0.2, 0.25) is 47.3 Å². The molecule has 0 bridgehead atoms. The Balaban J connectivity index is 0.000000187. The SMILES string of the molecule is CC(C)(C)OC(=O)N1CCNCC1.Cl.Cn1c(=O)n(C2CCC(=O)NC2=O)c2cccc(CCCC(=O)N3CCN(C(=O)OC(C)(C)C)CC3)c21.Cn1c(=O)n(C2CCC(=O)NC2=O)c2cccc(CCCC(=O)N3CCNCC3)c21.Cn1c(=O)n(C2CCC(=O)NC2=O)c2cccc(CCCC(=O)O)c21. The van der Waals surface area contributed by atoms with Gasteiger partial charge >= 0.3 is 35.2 Å². The number of rotatable bonds is 15. The first-order chi connectivity index (χ1) is 49.8. The molecule has 6 N–H and O–H groups in total. The molecule has 10 amide bonds. The van der Waals surface area contributed by atoms with Crippen LogP contribution in [0.2, 0.25) is 0 Å². The van der Waals surface area contributed by atoms with Crippen molar-refractivity contribution in [3.63, 3.8) is 0 Å². The highest BCUT2D eigenvalue weighted by Crippen LogP contribution is 2.30. The Morgan fingerprint density at radius 3 is 1.01 bits per heavy atom. The van der Waals surface area contributed by atoms with Gasteiger partial charge in [-0.3, -0.25) is 86.5 Å². The predicted octanol–water partition coefficient (Wildman–Crippen LogP) is 3.77. The average molecular weight is 1500 g/mol. The van der Waals surface area contributed by atoms with Crippen LogP contribution in [0.15, 0.2) is 69.0 Å². The van der Waals surface area contributed by atoms with Gasteiger partial charge in [0.1, 0.15) is 29.3 Å². The number of nitrogens with zero attached hydrogens (tertiary/aromatic N) is 10. The van der Waals surface area contributed by atoms with Crippen molar-refractivity contribution >= 4 is 111 Å². The lowest BCUT2D eigenvalue weighted by Crippen LogP contribution is -2.51. The molecule has 3 aromatic carbocycles. The number of amides is 10. The molecule has 3 unspecified atom stereocenters. The van der Waals surface area contributed by atoms with Crippen molar-refractivity contribution in [1.82, 2.24) is 73.6 Å². The molecule has 3 aromatic heterocycles. The number of imidazole rings is 3. The van der Waals surface area contributed by atoms with Crippen molar-refractivity contribution in [2.24, 2.45) is 21.1 Å². The number of ether oxygens (including phenoxy) is 2. The number of halogens is 1. The van der Waals surface area contributed by atoms with Gasteiger partial charge in [0, 0.05) is 138 Å². The molecule has 0 radical (unpaired) electrons. The van der Waals surface area contributed by atoms with Crippen LogP contribution in [-0.2, 0) is 93.0 Å². The average Bonchev–Trinajstić information content (AvgIpc) is 1.62. The van der Waals surface area contributed by atoms with Crippen molar-refractivity contribution in [2.45, 2.75) is 167 Å². The first kappa shape index (κ1) is 81.7. The Hall–Kier alpha value is -9.95. The van der Waals surface area contributed by atoms with Gasteiger partial charge < -0.3 is 44.8 Å². The van der Waals surface area contributed by atoms with Gasteiger partial charge in [-0.15, -0.1) is 12.4 Å². The second kappa shape index (κ2) is 35.9. The topological polar surface area (TPSA) is 380 Å². The molecule has 576 valence electrons. The number of aryl methyl sites for hydroxylation is 6. The Morgan fingerprint density at radius 2 is 0.708 bits per heavy atom. The van der Waals surface area contributed by atoms with Gasteiger partial charge in [0.25, 0.3) is 0 Å². The van der Waals surface area contributed by atoms with Crippen molar-refractivity contribution in [1.29, 1.82) is 0 Å². The summed E-state index contributed by atoms with van der Waals surface area (Å²) in [4.78, 5) is 177. The zero-order valence-electron chi connectivity index (χ0n) is 61.9. The third-order valence-electron chi connectivity index (χ3n) is 19.2. The molecular weight excluding hydrogens is 1390 g/mol. The number of carboxylic acids is 1. The number of carboxylic acid groups (broad SMARTS) is 1. The molecule has 6 fully saturated rings. The summed E-state index contributed by atoms with van der Waals surface area (Å²) in [5.74, 6) is -3.00. The number of piperazine rings is 3. The van der Waals surface area contributed by atoms with E-state index in [9.17, 15) is 67.1 Å². The van der Waals surface area contributed by atoms with E-state index in [0.29, 0.717) is 106 Å². The quantitative estimate of drug-likeness (QED) is 0.0797. The maximum atomic E-state index is 13.1. The minimum atomic E-state index is -0.859. The Morgan fingerprint density at radius 1 is 0.425 bits per heavy atom. The van der Waals surface area contributed by atoms with E-state index >= 15 is 0 Å². The van der Waals surface area contributed by atoms with Gasteiger partial charge in [0.15, 0.2) is 0 Å². The van der Waals surface area contributed by atoms with E-state index in [0.717, 1.165) is 80.1 Å². The standard InChI is InChI=1S/C26H35N5O6.C21H27N5O4.C17H19N3O5.C9H18N2O2.ClH/c1-26(2,3)37-25(36)30-15-13-29(14-16-30)21(33)10-6-8-17-7-5-9-18-22(17)28(4)24(35)31(18)19-11-12-20(32)27-23(19)34;1-24-19-14(5-3-7-18(28)25-12-10-22-11-13-25)4-2-6-15(19)26(21(24)30)16-8-9-17(27)23-20(16)29;1-19-15-10(5-3-7-14(22)23)4-2-6-11(15)20(17(19)25)12-8-9-13(21)18-16(12)24;1-9(2,3)13-8(12)11-6-4-10-5-7-11;/h5,7,9,19H,6,8,10-16H2,1-4H3,(H,27,32,34);2,4,6,16,22H,3,5,7-13H2,1H3,(H,23,27,29);2,4,6,12H,3,5,7-9H2,1H3,(H,22,23)(H,18,21,24);10H,4-7H2,1-3H3;1H. The van der Waals surface area contributed by atoms with E-state index < -0.39 is 47.4 Å². The number of para-hydroxylation sites is 3. The van der Waals surface area contributed by atoms with Gasteiger partial charge in [0.05, 0.1) is 33.1 Å². The van der Waals surface area contributed by atoms with Crippen LogP contribution >= 0.6 is 12.4 Å². The highest BCUT2D eigenvalue weighted by Gasteiger charge is 2.36. The Bertz CT molecular complexity index is 4470. The van der Waals surface area contributed by atoms with Crippen molar-refractivity contribution in [2.75, 3.05) is 78.5 Å². The fraction of sp³-hybridized carbons (Fsp3) is 0.562. The number of piperidine rings is 3. The molecule has 0 spiro atoms. The molecule has 6 aromatic rings. The van der Waals surface area contributed by atoms with E-state index in [4.69, 9.17) is 14.6 Å². The van der Waals surface area contributed by atoms with Crippen LogP contribution < -0.4 is 43.7 Å². The summed E-state index contributed by atoms with van der Waals surface area (Å²) in [6.45, 7) is 19.3. The van der Waals surface area contributed by atoms with Gasteiger partial charge in [-0.1, -0.05) is 36.4 Å². The van der Waals surface area contributed by atoms with Crippen LogP contribution in [0.25, 0.3) is 33.1 Å². The highest BCUT2D eigenvalue weighted by molar-refractivity contribution is 6.02. The Labute approximate surface area is 618 Å². The highest BCUT2D eigenvalue weighted by atomic mass is 35.5. The van der Waals surface area contributed by atoms with E-state index in [-0.39, 0.29) is 115 Å². The molecule has 6 aliphatic rings. The van der Waals surface area contributed by atoms with Crippen LogP contribution in [0.5, 0.6) is 0 Å². The first-order valence-corrected chi connectivity index (χ1v) is 36.0. The third-order valence-corrected chi connectivity index (χ3v) is 19.2. The van der Waals surface area contributed by atoms with Crippen LogP contribution in [0, 0.1) is 0 Å². The zero-order valence-corrected chi connectivity index (χ0v) is 62.7. The third kappa shape index (κ3) is 20.1. The number of aromatic nitrogens is 6. The molecule has 0 saturated carbocycles. The van der Waals surface area contributed by atoms with Crippen molar-refractivity contribution in [3.05, 3.63) is 103 Å². The van der Waals surface area contributed by atoms with E-state index in [1.807, 2.05) is 82.8 Å². The maximum Gasteiger partial charge on any atom is 0.410 e. The van der Waals surface area contributed by atoms with E-state index in [1.165, 1.54) is 22.8 Å². The number of carbonyl (C=O) groups excluding carboxylic acids is 10. The molecule has 33 heteroatoms. The van der Waals surface area contributed by atoms with Gasteiger partial charge in [-0.25, -0.2) is 24.0 Å². The molecule has 32 nitrogen and oxygen atoms in total. The minimum absolute atomic E-state index is 0. The summed E-state index contributed by atoms with van der Waals surface area (Å²) in [6.07, 6.45) is 5.33. The smallest absolute Gasteiger partial charge is 0.410 e. The van der Waals surface area contributed by atoms with Crippen LogP contribution in [0.4, 0.5) is 9.59 Å². The van der Waals surface area contributed by atoms with Gasteiger partial charge in [-0.05, 0) is 134 Å². The summed E-state index contributed by atoms with van der Waals surface area (Å²) in [6, 6.07) is 14.5. The number of hydrogen-bond acceptors (Lipinski definition) is 18. The maximum absolute atomic E-state index is 13.1. The van der Waals surface area contributed by atoms with Crippen molar-refractivity contribution in [3.8, 4) is 0 Å². The number of hydrogen-bond donors (Lipinski definition) is 6. The lowest BCUT2D eigenvalue weighted by Gasteiger charge is -2.35. The number of fused-ring (bicyclic) bond motifs is 3. The number of carbonyl (C=O) groups is 11. The number of imide groups is 3. The fourth-order valence-corrected chi connectivity index (χ4v) is 14.0. The number of aliphatic carboxylic acids is 1. The van der Waals surface area contributed by atoms with Crippen molar-refractivity contribution < 1.29 is 67.3 Å². The monoisotopic (exact) mass is 1490 g/mol. The summed E-state index contributed by atoms with van der Waals surface area (Å²) in [7, 11) is 5.00. The molecule has 9 heterocycles. The lowest BCUT2D eigenvalue weighted by atomic mass is 10.0. The molecular formula is C73H100ClN15O17. The zero-order chi connectivity index (χ0) is 76.2. The summed E-state index contributed by atoms with van der Waals surface area (Å²) < 4.78 is 19.6. The second-order valence-corrected chi connectivity index (χ2v) is 29.0. The molecule has 12 rings (SSSR count). The second-order valence-electron chi connectivity index (χ2n) is 29.0. The van der Waals surface area contributed by atoms with E-state index in [1.54, 1.807) is 58.6 Å². The summed E-state index contributed by atoms with van der Waals surface area (Å²) >= 11 is 0. The number of benzene rings is 3. The lowest BCUT2D eigenvalue weighted by molar-refractivity contribution is -0.138. The van der Waals surface area contributed by atoms with Gasteiger partial charge in [-0.2, -0.15) is 0 Å². The Kier molecular flexibility index (Phi) is 27.7. The molecule has 0 aliphatic carbocycles. The minimum Gasteiger partial charge on any atom is -0.481 e. The van der Waals surface area contributed by atoms with Crippen LogP contribution in [0.3, 0.4) is 0 Å². The molecule has 3 atom stereocenters. The summed E-state index contributed by atoms with van der Waals surface area (Å²) in [5.41, 5.74) is 5.07. The van der Waals surface area contributed by atoms with E-state index in [2.05, 4.69) is 26.6 Å². The predicted molar refractivity (Wildman–Crippen MR) is 394 cm³/mol. The largest absolute Gasteiger partial charge is 0.481 e. The van der Waals surface area contributed by atoms with Crippen LogP contribution in [0.1, 0.15) is 153 Å². The first-order valence-electron chi connectivity index (χ1n) is 36.0. The van der Waals surface area contributed by atoms with Crippen LogP contribution in [-0.4, -0.2) is 207 Å². The number of nitrogens with one attached hydrogen (secondary N) is 5.